The van der Waals surface area contributed by atoms with Crippen molar-refractivity contribution >= 4 is 5.91 Å². The van der Waals surface area contributed by atoms with Crippen LogP contribution in [0, 0.1) is 0 Å². The first kappa shape index (κ1) is 18.0. The van der Waals surface area contributed by atoms with Gasteiger partial charge in [0.15, 0.2) is 5.76 Å². The highest BCUT2D eigenvalue weighted by molar-refractivity contribution is 5.78. The molecule has 2 aromatic rings. The third kappa shape index (κ3) is 5.09. The average molecular weight is 331 g/mol. The van der Waals surface area contributed by atoms with Gasteiger partial charge in [0.25, 0.3) is 0 Å². The summed E-state index contributed by atoms with van der Waals surface area (Å²) in [5, 5.41) is 6.89. The standard InChI is InChI=1S/C18H25N3O3/c1-4-21(5-2)11-10-19-18(22)13-15-12-17(24-20-15)14-6-8-16(23-3)9-7-14/h6-9,12H,4-5,10-11,13H2,1-3H3,(H,19,22). The zero-order valence-electron chi connectivity index (χ0n) is 14.5. The smallest absolute Gasteiger partial charge is 0.226 e. The molecule has 0 saturated heterocycles. The molecule has 2 rings (SSSR count). The van der Waals surface area contributed by atoms with Gasteiger partial charge in [0, 0.05) is 24.7 Å². The fourth-order valence-electron chi connectivity index (χ4n) is 2.41. The van der Waals surface area contributed by atoms with E-state index in [-0.39, 0.29) is 12.3 Å². The van der Waals surface area contributed by atoms with Crippen molar-refractivity contribution in [3.05, 3.63) is 36.0 Å². The van der Waals surface area contributed by atoms with Gasteiger partial charge in [0.1, 0.15) is 5.75 Å². The minimum atomic E-state index is -0.0447. The van der Waals surface area contributed by atoms with E-state index < -0.39 is 0 Å². The van der Waals surface area contributed by atoms with Crippen LogP contribution in [0.4, 0.5) is 0 Å². The summed E-state index contributed by atoms with van der Waals surface area (Å²) in [6.07, 6.45) is 0.220. The van der Waals surface area contributed by atoms with Crippen LogP contribution in [-0.2, 0) is 11.2 Å². The van der Waals surface area contributed by atoms with E-state index in [0.29, 0.717) is 18.0 Å². The van der Waals surface area contributed by atoms with Gasteiger partial charge in [-0.1, -0.05) is 19.0 Å². The summed E-state index contributed by atoms with van der Waals surface area (Å²) in [6, 6.07) is 9.31. The van der Waals surface area contributed by atoms with Gasteiger partial charge in [-0.3, -0.25) is 4.79 Å². The van der Waals surface area contributed by atoms with Gasteiger partial charge >= 0.3 is 0 Å². The third-order valence-electron chi connectivity index (χ3n) is 3.92. The molecule has 0 aliphatic carbocycles. The van der Waals surface area contributed by atoms with Crippen LogP contribution in [0.5, 0.6) is 5.75 Å². The number of methoxy groups -OCH3 is 1. The van der Waals surface area contributed by atoms with Crippen LogP contribution in [-0.4, -0.2) is 49.3 Å². The topological polar surface area (TPSA) is 67.6 Å². The van der Waals surface area contributed by atoms with Crippen LogP contribution in [0.3, 0.4) is 0 Å². The fraction of sp³-hybridized carbons (Fsp3) is 0.444. The highest BCUT2D eigenvalue weighted by atomic mass is 16.5. The minimum absolute atomic E-state index is 0.0447. The predicted octanol–water partition coefficient (Wildman–Crippen LogP) is 2.35. The van der Waals surface area contributed by atoms with Gasteiger partial charge in [-0.2, -0.15) is 0 Å². The van der Waals surface area contributed by atoms with Gasteiger partial charge in [-0.05, 0) is 37.4 Å². The lowest BCUT2D eigenvalue weighted by Gasteiger charge is -2.17. The Morgan fingerprint density at radius 3 is 2.58 bits per heavy atom. The number of hydrogen-bond donors (Lipinski definition) is 1. The van der Waals surface area contributed by atoms with Gasteiger partial charge in [-0.15, -0.1) is 0 Å². The van der Waals surface area contributed by atoms with Crippen molar-refractivity contribution < 1.29 is 14.1 Å². The number of rotatable bonds is 9. The number of nitrogens with one attached hydrogen (secondary N) is 1. The number of likely N-dealkylation sites (N-methyl/N-ethyl adjacent to an activating group) is 1. The molecule has 6 nitrogen and oxygen atoms in total. The van der Waals surface area contributed by atoms with Gasteiger partial charge in [0.2, 0.25) is 5.91 Å². The largest absolute Gasteiger partial charge is 0.497 e. The van der Waals surface area contributed by atoms with Crippen molar-refractivity contribution in [2.24, 2.45) is 0 Å². The Labute approximate surface area is 142 Å². The zero-order chi connectivity index (χ0) is 17.4. The molecule has 6 heteroatoms. The Hall–Kier alpha value is -2.34. The number of hydrogen-bond acceptors (Lipinski definition) is 5. The molecule has 0 atom stereocenters. The molecule has 1 heterocycles. The van der Waals surface area contributed by atoms with Gasteiger partial charge in [0.05, 0.1) is 19.2 Å². The first-order chi connectivity index (χ1) is 11.7. The summed E-state index contributed by atoms with van der Waals surface area (Å²) in [7, 11) is 1.63. The van der Waals surface area contributed by atoms with Crippen LogP contribution in [0.25, 0.3) is 11.3 Å². The summed E-state index contributed by atoms with van der Waals surface area (Å²) in [6.45, 7) is 7.70. The number of carbonyl (C=O) groups excluding carboxylic acids is 1. The molecule has 0 spiro atoms. The van der Waals surface area contributed by atoms with E-state index in [0.717, 1.165) is 30.9 Å². The Morgan fingerprint density at radius 1 is 1.25 bits per heavy atom. The molecular weight excluding hydrogens is 306 g/mol. The predicted molar refractivity (Wildman–Crippen MR) is 93.0 cm³/mol. The molecule has 0 saturated carbocycles. The molecule has 0 aliphatic heterocycles. The Balaban J connectivity index is 1.85. The minimum Gasteiger partial charge on any atom is -0.497 e. The maximum absolute atomic E-state index is 12.0. The van der Waals surface area contributed by atoms with Crippen LogP contribution < -0.4 is 10.1 Å². The van der Waals surface area contributed by atoms with Crippen molar-refractivity contribution in [2.45, 2.75) is 20.3 Å². The molecule has 0 bridgehead atoms. The molecule has 0 unspecified atom stereocenters. The number of aromatic nitrogens is 1. The molecule has 0 radical (unpaired) electrons. The van der Waals surface area contributed by atoms with Gasteiger partial charge in [-0.25, -0.2) is 0 Å². The van der Waals surface area contributed by atoms with Gasteiger partial charge < -0.3 is 19.5 Å². The highest BCUT2D eigenvalue weighted by Crippen LogP contribution is 2.23. The van der Waals surface area contributed by atoms with Crippen molar-refractivity contribution in [2.75, 3.05) is 33.3 Å². The van der Waals surface area contributed by atoms with Crippen molar-refractivity contribution in [3.63, 3.8) is 0 Å². The van der Waals surface area contributed by atoms with Crippen LogP contribution in [0.2, 0.25) is 0 Å². The molecular formula is C18H25N3O3. The number of nitrogens with zero attached hydrogens (tertiary/aromatic N) is 2. The van der Waals surface area contributed by atoms with E-state index >= 15 is 0 Å². The third-order valence-corrected chi connectivity index (χ3v) is 3.92. The lowest BCUT2D eigenvalue weighted by atomic mass is 10.1. The Morgan fingerprint density at radius 2 is 1.96 bits per heavy atom. The van der Waals surface area contributed by atoms with Crippen molar-refractivity contribution in [3.8, 4) is 17.1 Å². The van der Waals surface area contributed by atoms with E-state index in [1.807, 2.05) is 24.3 Å². The normalized spacial score (nSPS) is 10.8. The first-order valence-electron chi connectivity index (χ1n) is 8.25. The maximum atomic E-state index is 12.0. The quantitative estimate of drug-likeness (QED) is 0.764. The molecule has 1 amide bonds. The summed E-state index contributed by atoms with van der Waals surface area (Å²) in [5.41, 5.74) is 1.53. The molecule has 1 aromatic heterocycles. The fourth-order valence-corrected chi connectivity index (χ4v) is 2.41. The summed E-state index contributed by atoms with van der Waals surface area (Å²) in [5.74, 6) is 1.38. The second kappa shape index (κ2) is 9.08. The number of amides is 1. The lowest BCUT2D eigenvalue weighted by molar-refractivity contribution is -0.120. The van der Waals surface area contributed by atoms with Crippen molar-refractivity contribution in [1.29, 1.82) is 0 Å². The van der Waals surface area contributed by atoms with Crippen LogP contribution in [0.1, 0.15) is 19.5 Å². The number of benzene rings is 1. The Kier molecular flexibility index (Phi) is 6.81. The summed E-state index contributed by atoms with van der Waals surface area (Å²) < 4.78 is 10.5. The Bertz CT molecular complexity index is 633. The van der Waals surface area contributed by atoms with E-state index in [1.54, 1.807) is 13.2 Å². The van der Waals surface area contributed by atoms with Crippen LogP contribution >= 0.6 is 0 Å². The molecule has 0 aliphatic rings. The first-order valence-corrected chi connectivity index (χ1v) is 8.25. The van der Waals surface area contributed by atoms with E-state index in [1.165, 1.54) is 0 Å². The average Bonchev–Trinajstić information content (AvgIpc) is 3.07. The lowest BCUT2D eigenvalue weighted by Crippen LogP contribution is -2.35. The molecule has 1 N–H and O–H groups in total. The molecule has 130 valence electrons. The highest BCUT2D eigenvalue weighted by Gasteiger charge is 2.11. The molecule has 24 heavy (non-hydrogen) atoms. The van der Waals surface area contributed by atoms with E-state index in [2.05, 4.69) is 29.2 Å². The SMILES string of the molecule is CCN(CC)CCNC(=O)Cc1cc(-c2ccc(OC)cc2)on1. The van der Waals surface area contributed by atoms with Crippen molar-refractivity contribution in [1.82, 2.24) is 15.4 Å². The van der Waals surface area contributed by atoms with Crippen LogP contribution in [0.15, 0.2) is 34.9 Å². The summed E-state index contributed by atoms with van der Waals surface area (Å²) in [4.78, 5) is 14.2. The zero-order valence-corrected chi connectivity index (χ0v) is 14.5. The van der Waals surface area contributed by atoms with E-state index in [9.17, 15) is 4.79 Å². The second-order valence-electron chi connectivity index (χ2n) is 5.46. The number of ether oxygens (including phenoxy) is 1. The molecule has 1 aromatic carbocycles. The maximum Gasteiger partial charge on any atom is 0.226 e. The molecule has 0 fully saturated rings. The monoisotopic (exact) mass is 331 g/mol. The summed E-state index contributed by atoms with van der Waals surface area (Å²) >= 11 is 0. The van der Waals surface area contributed by atoms with E-state index in [4.69, 9.17) is 9.26 Å². The number of carbonyl (C=O) groups is 1. The second-order valence-corrected chi connectivity index (χ2v) is 5.46.